The number of carbonyl (C=O) groups excluding carboxylic acids is 2. The third-order valence-corrected chi connectivity index (χ3v) is 7.42. The van der Waals surface area contributed by atoms with Crippen LogP contribution in [0.5, 0.6) is 17.2 Å². The average Bonchev–Trinajstić information content (AvgIpc) is 2.99. The van der Waals surface area contributed by atoms with Crippen LogP contribution in [0.4, 0.5) is 10.1 Å². The van der Waals surface area contributed by atoms with Crippen LogP contribution in [0.3, 0.4) is 0 Å². The Labute approximate surface area is 246 Å². The molecule has 3 rings (SSSR count). The third-order valence-electron chi connectivity index (χ3n) is 7.42. The maximum absolute atomic E-state index is 15.7. The summed E-state index contributed by atoms with van der Waals surface area (Å²) >= 11 is 0. The first kappa shape index (κ1) is 33.7. The minimum absolute atomic E-state index is 0.0582. The fourth-order valence-electron chi connectivity index (χ4n) is 4.90. The number of aliphatic hydroxyl groups is 4. The van der Waals surface area contributed by atoms with Gasteiger partial charge < -0.3 is 51.1 Å². The van der Waals surface area contributed by atoms with Crippen molar-refractivity contribution < 1.29 is 54.5 Å². The van der Waals surface area contributed by atoms with Crippen molar-refractivity contribution in [3.05, 3.63) is 58.5 Å². The summed E-state index contributed by atoms with van der Waals surface area (Å²) in [5, 5.41) is 77.9. The van der Waals surface area contributed by atoms with Crippen molar-refractivity contribution in [3.8, 4) is 17.2 Å². The lowest BCUT2D eigenvalue weighted by Gasteiger charge is -2.42. The van der Waals surface area contributed by atoms with Crippen LogP contribution in [0, 0.1) is 5.82 Å². The van der Waals surface area contributed by atoms with Gasteiger partial charge in [0.05, 0.1) is 18.8 Å². The van der Waals surface area contributed by atoms with Gasteiger partial charge in [-0.05, 0) is 18.7 Å². The van der Waals surface area contributed by atoms with E-state index < -0.39 is 53.5 Å². The first-order valence-electron chi connectivity index (χ1n) is 13.2. The fourth-order valence-corrected chi connectivity index (χ4v) is 4.90. The van der Waals surface area contributed by atoms with Crippen molar-refractivity contribution in [3.63, 3.8) is 0 Å². The van der Waals surface area contributed by atoms with Crippen LogP contribution >= 0.6 is 0 Å². The molecular weight excluding hydrogens is 571 g/mol. The van der Waals surface area contributed by atoms with Gasteiger partial charge in [-0.3, -0.25) is 19.4 Å². The number of aldehydes is 2. The SMILES string of the molecule is C=C(NC)C(N(C)Cc1c(C=O)cccc1NCc1c(O)c(O)c(O)c(CN2CCOCC2)c1F)C(O)(O)C(O)(O)C=O. The smallest absolute Gasteiger partial charge is 0.278 e. The van der Waals surface area contributed by atoms with Crippen molar-refractivity contribution in [2.24, 2.45) is 0 Å². The molecule has 0 aliphatic carbocycles. The maximum atomic E-state index is 15.7. The Morgan fingerprint density at radius 2 is 1.72 bits per heavy atom. The zero-order valence-electron chi connectivity index (χ0n) is 23.7. The fraction of sp³-hybridized carbons (Fsp3) is 0.429. The molecule has 236 valence electrons. The quantitative estimate of drug-likeness (QED) is 0.0736. The van der Waals surface area contributed by atoms with Crippen molar-refractivity contribution in [1.29, 1.82) is 0 Å². The van der Waals surface area contributed by atoms with Crippen LogP contribution in [0.1, 0.15) is 27.0 Å². The third kappa shape index (κ3) is 6.88. The first-order valence-corrected chi connectivity index (χ1v) is 13.2. The highest BCUT2D eigenvalue weighted by Crippen LogP contribution is 2.43. The minimum atomic E-state index is -3.61. The molecule has 1 saturated heterocycles. The van der Waals surface area contributed by atoms with Crippen LogP contribution in [0.25, 0.3) is 0 Å². The number of morpholine rings is 1. The number of rotatable bonds is 14. The summed E-state index contributed by atoms with van der Waals surface area (Å²) in [7, 11) is 2.71. The number of likely N-dealkylation sites (N-methyl/N-ethyl adjacent to an activating group) is 2. The van der Waals surface area contributed by atoms with Gasteiger partial charge in [-0.1, -0.05) is 18.7 Å². The van der Waals surface area contributed by atoms with E-state index in [0.29, 0.717) is 32.6 Å². The molecule has 0 saturated carbocycles. The Hall–Kier alpha value is -3.83. The Bertz CT molecular complexity index is 1350. The van der Waals surface area contributed by atoms with E-state index in [4.69, 9.17) is 4.74 Å². The molecule has 0 bridgehead atoms. The number of hydrogen-bond donors (Lipinski definition) is 9. The molecule has 1 aliphatic rings. The summed E-state index contributed by atoms with van der Waals surface area (Å²) < 4.78 is 20.9. The molecule has 0 spiro atoms. The Balaban J connectivity index is 1.97. The lowest BCUT2D eigenvalue weighted by molar-refractivity contribution is -0.347. The normalized spacial score (nSPS) is 15.3. The molecule has 1 unspecified atom stereocenters. The van der Waals surface area contributed by atoms with E-state index in [0.717, 1.165) is 0 Å². The molecule has 0 aromatic heterocycles. The monoisotopic (exact) mass is 608 g/mol. The number of anilines is 1. The lowest BCUT2D eigenvalue weighted by Crippen LogP contribution is -2.67. The van der Waals surface area contributed by atoms with Gasteiger partial charge in [0.15, 0.2) is 17.8 Å². The number of ether oxygens (including phenoxy) is 1. The largest absolute Gasteiger partial charge is 0.504 e. The average molecular weight is 609 g/mol. The predicted molar refractivity (Wildman–Crippen MR) is 151 cm³/mol. The molecule has 2 aromatic rings. The molecule has 1 fully saturated rings. The van der Waals surface area contributed by atoms with Gasteiger partial charge in [-0.2, -0.15) is 0 Å². The van der Waals surface area contributed by atoms with Crippen molar-refractivity contribution in [1.82, 2.24) is 15.1 Å². The second kappa shape index (κ2) is 13.6. The van der Waals surface area contributed by atoms with E-state index in [-0.39, 0.29) is 46.7 Å². The van der Waals surface area contributed by atoms with E-state index in [9.17, 15) is 45.3 Å². The van der Waals surface area contributed by atoms with E-state index in [1.54, 1.807) is 0 Å². The Kier molecular flexibility index (Phi) is 10.7. The molecule has 0 radical (unpaired) electrons. The lowest BCUT2D eigenvalue weighted by atomic mass is 9.93. The van der Waals surface area contributed by atoms with Gasteiger partial charge in [0, 0.05) is 62.3 Å². The second-order valence-corrected chi connectivity index (χ2v) is 10.2. The summed E-state index contributed by atoms with van der Waals surface area (Å²) in [6.07, 6.45) is 0.0601. The standard InChI is InChI=1S/C28H37FN4O10/c1-16(30-2)26(28(41,42)27(39,40)15-35)32(3)12-19-17(14-34)5-4-6-21(19)31-11-18-22(29)20(24(37)25(38)23(18)36)13-33-7-9-43-10-8-33/h4-6,14-15,26,30-31,36-42H,1,7-13H2,2-3H3. The van der Waals surface area contributed by atoms with Crippen LogP contribution in [-0.2, 0) is 29.2 Å². The molecule has 15 heteroatoms. The molecule has 43 heavy (non-hydrogen) atoms. The maximum Gasteiger partial charge on any atom is 0.278 e. The molecule has 1 heterocycles. The minimum Gasteiger partial charge on any atom is -0.504 e. The number of benzene rings is 2. The molecule has 1 atom stereocenters. The summed E-state index contributed by atoms with van der Waals surface area (Å²) in [6.45, 7) is 4.65. The predicted octanol–water partition coefficient (Wildman–Crippen LogP) is -0.706. The van der Waals surface area contributed by atoms with Gasteiger partial charge in [0.25, 0.3) is 5.79 Å². The summed E-state index contributed by atoms with van der Waals surface area (Å²) in [6, 6.07) is 2.76. The van der Waals surface area contributed by atoms with E-state index >= 15 is 4.39 Å². The highest BCUT2D eigenvalue weighted by Gasteiger charge is 2.55. The summed E-state index contributed by atoms with van der Waals surface area (Å²) in [5.41, 5.74) is -0.140. The molecule has 9 N–H and O–H groups in total. The van der Waals surface area contributed by atoms with Crippen LogP contribution < -0.4 is 10.6 Å². The van der Waals surface area contributed by atoms with Crippen LogP contribution in [-0.4, -0.2) is 116 Å². The highest BCUT2D eigenvalue weighted by atomic mass is 19.1. The number of phenols is 3. The zero-order chi connectivity index (χ0) is 32.1. The molecule has 14 nitrogen and oxygen atoms in total. The van der Waals surface area contributed by atoms with E-state index in [2.05, 4.69) is 17.2 Å². The molecule has 1 aliphatic heterocycles. The van der Waals surface area contributed by atoms with Crippen molar-refractivity contribution >= 4 is 18.3 Å². The molecule has 2 aromatic carbocycles. The summed E-state index contributed by atoms with van der Waals surface area (Å²) in [5.74, 6) is -10.6. The number of nitrogens with one attached hydrogen (secondary N) is 2. The van der Waals surface area contributed by atoms with Crippen LogP contribution in [0.2, 0.25) is 0 Å². The van der Waals surface area contributed by atoms with E-state index in [1.165, 1.54) is 37.2 Å². The van der Waals surface area contributed by atoms with Gasteiger partial charge in [-0.15, -0.1) is 0 Å². The van der Waals surface area contributed by atoms with Crippen molar-refractivity contribution in [2.75, 3.05) is 45.7 Å². The van der Waals surface area contributed by atoms with E-state index in [1.807, 2.05) is 4.90 Å². The van der Waals surface area contributed by atoms with Gasteiger partial charge in [0.2, 0.25) is 11.5 Å². The number of aromatic hydroxyl groups is 3. The number of carbonyl (C=O) groups is 2. The van der Waals surface area contributed by atoms with Crippen LogP contribution in [0.15, 0.2) is 30.5 Å². The van der Waals surface area contributed by atoms with Crippen molar-refractivity contribution in [2.45, 2.75) is 37.3 Å². The zero-order valence-corrected chi connectivity index (χ0v) is 23.7. The number of phenolic OH excluding ortho intramolecular Hbond substituents is 3. The summed E-state index contributed by atoms with van der Waals surface area (Å²) in [4.78, 5) is 26.2. The van der Waals surface area contributed by atoms with Gasteiger partial charge >= 0.3 is 0 Å². The Morgan fingerprint density at radius 3 is 2.30 bits per heavy atom. The van der Waals surface area contributed by atoms with Gasteiger partial charge in [0.1, 0.15) is 18.1 Å². The van der Waals surface area contributed by atoms with Gasteiger partial charge in [-0.25, -0.2) is 4.39 Å². The second-order valence-electron chi connectivity index (χ2n) is 10.2. The molecular formula is C28H37FN4O10. The first-order chi connectivity index (χ1) is 20.2. The molecule has 0 amide bonds. The highest BCUT2D eigenvalue weighted by molar-refractivity contribution is 5.81. The number of nitrogens with zero attached hydrogens (tertiary/aromatic N) is 2. The number of hydrogen-bond acceptors (Lipinski definition) is 14. The number of halogens is 1. The Morgan fingerprint density at radius 1 is 1.09 bits per heavy atom. The topological polar surface area (TPSA) is 216 Å².